The van der Waals surface area contributed by atoms with Gasteiger partial charge in [-0.3, -0.25) is 9.59 Å². The SMILES string of the molecule is CC(C)c1ccc([C@H]2c3c(oc4ccccc4c3=O)C(=O)N2CC[NH+]2CCOCC2)cc1. The standard InChI is InChI=1S/C26H28N2O4/c1-17(2)18-7-9-19(10-8-18)23-22-24(29)20-5-3-4-6-21(20)32-25(22)26(30)28(23)12-11-27-13-15-31-16-14-27/h3-10,17,23H,11-16H2,1-2H3/p+1/t23-/m0/s1. The van der Waals surface area contributed by atoms with Gasteiger partial charge in [0.2, 0.25) is 5.76 Å². The maximum atomic E-state index is 13.5. The van der Waals surface area contributed by atoms with Crippen LogP contribution in [0.25, 0.3) is 11.0 Å². The number of ether oxygens (including phenoxy) is 1. The van der Waals surface area contributed by atoms with E-state index >= 15 is 0 Å². The molecule has 6 heteroatoms. The molecule has 3 aromatic rings. The lowest BCUT2D eigenvalue weighted by Crippen LogP contribution is -3.14. The second-order valence-electron chi connectivity index (χ2n) is 9.00. The van der Waals surface area contributed by atoms with Gasteiger partial charge in [-0.1, -0.05) is 50.2 Å². The van der Waals surface area contributed by atoms with Crippen molar-refractivity contribution in [1.82, 2.24) is 4.90 Å². The molecular formula is C26H29N2O4+. The van der Waals surface area contributed by atoms with Crippen LogP contribution in [-0.4, -0.2) is 50.2 Å². The fourth-order valence-electron chi connectivity index (χ4n) is 4.80. The number of carbonyl (C=O) groups excluding carboxylic acids is 1. The first-order valence-corrected chi connectivity index (χ1v) is 11.4. The molecule has 1 amide bonds. The number of hydrogen-bond acceptors (Lipinski definition) is 4. The molecule has 0 radical (unpaired) electrons. The van der Waals surface area contributed by atoms with Crippen molar-refractivity contribution in [3.8, 4) is 0 Å². The zero-order valence-corrected chi connectivity index (χ0v) is 18.6. The highest BCUT2D eigenvalue weighted by atomic mass is 16.5. The van der Waals surface area contributed by atoms with Crippen LogP contribution >= 0.6 is 0 Å². The summed E-state index contributed by atoms with van der Waals surface area (Å²) >= 11 is 0. The predicted molar refractivity (Wildman–Crippen MR) is 122 cm³/mol. The first kappa shape index (κ1) is 20.9. The lowest BCUT2D eigenvalue weighted by molar-refractivity contribution is -0.907. The first-order chi connectivity index (χ1) is 15.5. The summed E-state index contributed by atoms with van der Waals surface area (Å²) in [4.78, 5) is 30.2. The fraction of sp³-hybridized carbons (Fsp3) is 0.385. The monoisotopic (exact) mass is 433 g/mol. The molecule has 0 bridgehead atoms. The van der Waals surface area contributed by atoms with Gasteiger partial charge in [-0.25, -0.2) is 0 Å². The Morgan fingerprint density at radius 3 is 2.47 bits per heavy atom. The Hall–Kier alpha value is -2.96. The molecule has 2 aliphatic heterocycles. The number of hydrogen-bond donors (Lipinski definition) is 1. The summed E-state index contributed by atoms with van der Waals surface area (Å²) in [7, 11) is 0. The van der Waals surface area contributed by atoms with Crippen molar-refractivity contribution in [1.29, 1.82) is 0 Å². The van der Waals surface area contributed by atoms with Crippen LogP contribution in [-0.2, 0) is 4.74 Å². The van der Waals surface area contributed by atoms with Crippen molar-refractivity contribution < 1.29 is 18.8 Å². The molecule has 1 atom stereocenters. The maximum absolute atomic E-state index is 13.5. The number of quaternary nitrogens is 1. The molecule has 0 unspecified atom stereocenters. The largest absolute Gasteiger partial charge is 0.450 e. The van der Waals surface area contributed by atoms with Gasteiger partial charge in [0.05, 0.1) is 43.3 Å². The predicted octanol–water partition coefficient (Wildman–Crippen LogP) is 2.38. The van der Waals surface area contributed by atoms with Crippen LogP contribution in [0.1, 0.15) is 53.1 Å². The third kappa shape index (κ3) is 3.63. The molecule has 2 aliphatic rings. The topological polar surface area (TPSA) is 64.2 Å². The number of amides is 1. The van der Waals surface area contributed by atoms with Crippen LogP contribution < -0.4 is 10.3 Å². The van der Waals surface area contributed by atoms with Crippen molar-refractivity contribution >= 4 is 16.9 Å². The molecule has 0 spiro atoms. The van der Waals surface area contributed by atoms with Crippen molar-refractivity contribution in [3.05, 3.63) is 81.2 Å². The van der Waals surface area contributed by atoms with Crippen molar-refractivity contribution in [2.24, 2.45) is 0 Å². The molecule has 0 saturated carbocycles. The second-order valence-corrected chi connectivity index (χ2v) is 9.00. The number of carbonyl (C=O) groups is 1. The molecule has 32 heavy (non-hydrogen) atoms. The van der Waals surface area contributed by atoms with Gasteiger partial charge in [-0.05, 0) is 29.2 Å². The number of benzene rings is 2. The van der Waals surface area contributed by atoms with Gasteiger partial charge in [0.1, 0.15) is 18.7 Å². The normalized spacial score (nSPS) is 19.2. The first-order valence-electron chi connectivity index (χ1n) is 11.4. The maximum Gasteiger partial charge on any atom is 0.291 e. The number of nitrogens with one attached hydrogen (secondary N) is 1. The number of fused-ring (bicyclic) bond motifs is 2. The molecular weight excluding hydrogens is 404 g/mol. The van der Waals surface area contributed by atoms with Gasteiger partial charge < -0.3 is 19.0 Å². The van der Waals surface area contributed by atoms with E-state index in [1.54, 1.807) is 12.1 Å². The van der Waals surface area contributed by atoms with E-state index in [2.05, 4.69) is 26.0 Å². The van der Waals surface area contributed by atoms with E-state index < -0.39 is 6.04 Å². The van der Waals surface area contributed by atoms with Gasteiger partial charge in [-0.2, -0.15) is 0 Å². The molecule has 2 aromatic carbocycles. The minimum Gasteiger partial charge on any atom is -0.450 e. The van der Waals surface area contributed by atoms with Crippen molar-refractivity contribution in [3.63, 3.8) is 0 Å². The summed E-state index contributed by atoms with van der Waals surface area (Å²) in [5.41, 5.74) is 2.98. The van der Waals surface area contributed by atoms with Gasteiger partial charge in [0.15, 0.2) is 5.43 Å². The van der Waals surface area contributed by atoms with Crippen molar-refractivity contribution in [2.75, 3.05) is 39.4 Å². The van der Waals surface area contributed by atoms with Crippen LogP contribution in [0.4, 0.5) is 0 Å². The van der Waals surface area contributed by atoms with Crippen LogP contribution in [0.2, 0.25) is 0 Å². The minimum atomic E-state index is -0.431. The lowest BCUT2D eigenvalue weighted by atomic mass is 9.95. The molecule has 0 aliphatic carbocycles. The second kappa shape index (κ2) is 8.52. The molecule has 6 nitrogen and oxygen atoms in total. The number of rotatable bonds is 5. The van der Waals surface area contributed by atoms with E-state index in [4.69, 9.17) is 9.15 Å². The third-order valence-corrected chi connectivity index (χ3v) is 6.70. The van der Waals surface area contributed by atoms with Gasteiger partial charge in [-0.15, -0.1) is 0 Å². The van der Waals surface area contributed by atoms with E-state index in [0.29, 0.717) is 29.0 Å². The number of nitrogens with zero attached hydrogens (tertiary/aromatic N) is 1. The van der Waals surface area contributed by atoms with Gasteiger partial charge in [0, 0.05) is 0 Å². The van der Waals surface area contributed by atoms with Crippen LogP contribution in [0, 0.1) is 0 Å². The van der Waals surface area contributed by atoms with Crippen LogP contribution in [0.5, 0.6) is 0 Å². The highest BCUT2D eigenvalue weighted by Crippen LogP contribution is 2.38. The fourth-order valence-corrected chi connectivity index (χ4v) is 4.80. The van der Waals surface area contributed by atoms with Crippen LogP contribution in [0.3, 0.4) is 0 Å². The zero-order valence-electron chi connectivity index (χ0n) is 18.6. The highest BCUT2D eigenvalue weighted by molar-refractivity contribution is 5.99. The summed E-state index contributed by atoms with van der Waals surface area (Å²) < 4.78 is 11.5. The Balaban J connectivity index is 1.58. The summed E-state index contributed by atoms with van der Waals surface area (Å²) in [5.74, 6) is 0.397. The van der Waals surface area contributed by atoms with Crippen molar-refractivity contribution in [2.45, 2.75) is 25.8 Å². The molecule has 166 valence electrons. The Morgan fingerprint density at radius 2 is 1.75 bits per heavy atom. The summed E-state index contributed by atoms with van der Waals surface area (Å²) in [6, 6.07) is 15.0. The van der Waals surface area contributed by atoms with E-state index in [1.807, 2.05) is 29.2 Å². The smallest absolute Gasteiger partial charge is 0.291 e. The highest BCUT2D eigenvalue weighted by Gasteiger charge is 2.43. The molecule has 1 N–H and O–H groups in total. The van der Waals surface area contributed by atoms with Crippen LogP contribution in [0.15, 0.2) is 57.7 Å². The Labute approximate surface area is 187 Å². The quantitative estimate of drug-likeness (QED) is 0.671. The average molecular weight is 434 g/mol. The third-order valence-electron chi connectivity index (χ3n) is 6.70. The van der Waals surface area contributed by atoms with Gasteiger partial charge in [0.25, 0.3) is 5.91 Å². The van der Waals surface area contributed by atoms with E-state index in [1.165, 1.54) is 10.5 Å². The summed E-state index contributed by atoms with van der Waals surface area (Å²) in [6.45, 7) is 9.04. The lowest BCUT2D eigenvalue weighted by Gasteiger charge is -2.29. The van der Waals surface area contributed by atoms with Gasteiger partial charge >= 0.3 is 0 Å². The zero-order chi connectivity index (χ0) is 22.2. The molecule has 1 aromatic heterocycles. The number of morpholine rings is 1. The summed E-state index contributed by atoms with van der Waals surface area (Å²) in [5, 5.41) is 0.517. The molecule has 1 saturated heterocycles. The molecule has 3 heterocycles. The number of para-hydroxylation sites is 1. The van der Waals surface area contributed by atoms with E-state index in [-0.39, 0.29) is 17.1 Å². The Bertz CT molecular complexity index is 1190. The Morgan fingerprint density at radius 1 is 1.03 bits per heavy atom. The Kier molecular flexibility index (Phi) is 5.57. The summed E-state index contributed by atoms with van der Waals surface area (Å²) in [6.07, 6.45) is 0. The van der Waals surface area contributed by atoms with E-state index in [0.717, 1.165) is 38.4 Å². The van der Waals surface area contributed by atoms with E-state index in [9.17, 15) is 9.59 Å². The average Bonchev–Trinajstić information content (AvgIpc) is 3.10. The molecule has 1 fully saturated rings. The molecule has 5 rings (SSSR count). The minimum absolute atomic E-state index is 0.116.